The van der Waals surface area contributed by atoms with Crippen LogP contribution in [-0.2, 0) is 14.3 Å². The molecule has 190 valence electrons. The van der Waals surface area contributed by atoms with Gasteiger partial charge in [0.25, 0.3) is 11.8 Å². The zero-order valence-electron chi connectivity index (χ0n) is 20.7. The molecule has 3 aliphatic heterocycles. The van der Waals surface area contributed by atoms with Crippen molar-refractivity contribution in [3.63, 3.8) is 0 Å². The van der Waals surface area contributed by atoms with Crippen LogP contribution in [0.25, 0.3) is 0 Å². The van der Waals surface area contributed by atoms with E-state index in [-0.39, 0.29) is 30.4 Å². The lowest BCUT2D eigenvalue weighted by atomic mass is 9.95. The van der Waals surface area contributed by atoms with Crippen LogP contribution < -0.4 is 5.32 Å². The number of amides is 3. The smallest absolute Gasteiger partial charge is 0.256 e. The number of nitrogens with zero attached hydrogens (tertiary/aromatic N) is 2. The van der Waals surface area contributed by atoms with Crippen LogP contribution in [-0.4, -0.2) is 78.2 Å². The minimum Gasteiger partial charge on any atom is -0.376 e. The number of ether oxygens (including phenoxy) is 2. The quantitative estimate of drug-likeness (QED) is 0.695. The van der Waals surface area contributed by atoms with Crippen LogP contribution in [0.5, 0.6) is 0 Å². The average molecular weight is 492 g/mol. The molecule has 3 saturated heterocycles. The van der Waals surface area contributed by atoms with Gasteiger partial charge in [-0.25, -0.2) is 0 Å². The minimum absolute atomic E-state index is 0.0131. The molecule has 36 heavy (non-hydrogen) atoms. The van der Waals surface area contributed by atoms with E-state index >= 15 is 0 Å². The predicted octanol–water partition coefficient (Wildman–Crippen LogP) is 2.76. The summed E-state index contributed by atoms with van der Waals surface area (Å²) in [5.41, 5.74) is 1.20. The van der Waals surface area contributed by atoms with Crippen LogP contribution in [0, 0.1) is 6.92 Å². The topological polar surface area (TPSA) is 88.2 Å². The molecule has 0 aliphatic carbocycles. The first-order valence-electron chi connectivity index (χ1n) is 12.8. The largest absolute Gasteiger partial charge is 0.376 e. The van der Waals surface area contributed by atoms with E-state index in [1.807, 2.05) is 54.3 Å². The highest BCUT2D eigenvalue weighted by molar-refractivity contribution is 5.99. The van der Waals surface area contributed by atoms with Crippen molar-refractivity contribution in [2.75, 3.05) is 32.8 Å². The number of hydrogen-bond donors (Lipinski definition) is 1. The van der Waals surface area contributed by atoms with E-state index in [1.54, 1.807) is 17.0 Å². The van der Waals surface area contributed by atoms with Crippen LogP contribution in [0.15, 0.2) is 54.6 Å². The molecule has 1 spiro atoms. The Kier molecular flexibility index (Phi) is 7.07. The Morgan fingerprint density at radius 2 is 1.72 bits per heavy atom. The minimum atomic E-state index is -0.929. The van der Waals surface area contributed by atoms with Crippen molar-refractivity contribution in [2.45, 2.75) is 50.5 Å². The van der Waals surface area contributed by atoms with E-state index in [9.17, 15) is 14.4 Å². The highest BCUT2D eigenvalue weighted by Gasteiger charge is 2.54. The van der Waals surface area contributed by atoms with Gasteiger partial charge in [-0.1, -0.05) is 36.4 Å². The Bertz CT molecular complexity index is 1110. The van der Waals surface area contributed by atoms with Gasteiger partial charge in [-0.15, -0.1) is 0 Å². The first-order chi connectivity index (χ1) is 17.5. The molecule has 2 aromatic rings. The average Bonchev–Trinajstić information content (AvgIpc) is 3.56. The fourth-order valence-corrected chi connectivity index (χ4v) is 5.47. The Hall–Kier alpha value is -3.23. The molecular formula is C28H33N3O5. The van der Waals surface area contributed by atoms with Gasteiger partial charge >= 0.3 is 0 Å². The molecule has 8 heteroatoms. The number of carbonyl (C=O) groups excluding carboxylic acids is 3. The summed E-state index contributed by atoms with van der Waals surface area (Å²) in [6.07, 6.45) is 2.81. The third-order valence-electron chi connectivity index (χ3n) is 7.54. The van der Waals surface area contributed by atoms with Crippen LogP contribution in [0.2, 0.25) is 0 Å². The molecule has 3 amide bonds. The van der Waals surface area contributed by atoms with E-state index in [0.29, 0.717) is 50.2 Å². The molecule has 0 aromatic heterocycles. The number of rotatable bonds is 5. The molecule has 0 radical (unpaired) electrons. The molecule has 0 saturated carbocycles. The number of hydrogen-bond acceptors (Lipinski definition) is 5. The van der Waals surface area contributed by atoms with E-state index in [1.165, 1.54) is 0 Å². The van der Waals surface area contributed by atoms with Crippen molar-refractivity contribution in [3.8, 4) is 0 Å². The summed E-state index contributed by atoms with van der Waals surface area (Å²) in [4.78, 5) is 43.6. The van der Waals surface area contributed by atoms with Crippen molar-refractivity contribution in [3.05, 3.63) is 71.3 Å². The monoisotopic (exact) mass is 491 g/mol. The molecule has 8 nitrogen and oxygen atoms in total. The zero-order valence-corrected chi connectivity index (χ0v) is 20.7. The third-order valence-corrected chi connectivity index (χ3v) is 7.54. The van der Waals surface area contributed by atoms with Crippen molar-refractivity contribution >= 4 is 17.7 Å². The van der Waals surface area contributed by atoms with Gasteiger partial charge < -0.3 is 19.7 Å². The fourth-order valence-electron chi connectivity index (χ4n) is 5.47. The maximum Gasteiger partial charge on any atom is 0.256 e. The maximum absolute atomic E-state index is 13.7. The van der Waals surface area contributed by atoms with Crippen LogP contribution >= 0.6 is 0 Å². The Morgan fingerprint density at radius 3 is 2.42 bits per heavy atom. The second kappa shape index (κ2) is 10.4. The molecule has 3 aliphatic rings. The number of nitrogens with one attached hydrogen (secondary N) is 1. The molecule has 2 atom stereocenters. The molecule has 0 bridgehead atoms. The van der Waals surface area contributed by atoms with Gasteiger partial charge in [-0.2, -0.15) is 0 Å². The normalized spacial score (nSPS) is 23.1. The highest BCUT2D eigenvalue weighted by Crippen LogP contribution is 2.39. The molecule has 2 aromatic carbocycles. The number of carbonyl (C=O) groups is 3. The summed E-state index contributed by atoms with van der Waals surface area (Å²) in [5, 5.41) is 2.98. The lowest BCUT2D eigenvalue weighted by Gasteiger charge is -2.44. The second-order valence-electron chi connectivity index (χ2n) is 9.80. The standard InChI is InChI=1S/C28H33N3O5/c1-20-8-5-6-12-23(20)27(34)30-15-13-28(14-16-30)31(26(33)21-9-3-2-4-10-21)24(19-36-28)25(32)29-18-22-11-7-17-35-22/h2-6,8-10,12,22,24H,7,11,13-19H2,1H3,(H,29,32)/t22-,24+/m1/s1. The van der Waals surface area contributed by atoms with Crippen LogP contribution in [0.1, 0.15) is 52.0 Å². The number of aryl methyl sites for hydroxylation is 1. The van der Waals surface area contributed by atoms with Crippen LogP contribution in [0.3, 0.4) is 0 Å². The zero-order chi connectivity index (χ0) is 25.1. The lowest BCUT2D eigenvalue weighted by molar-refractivity contribution is -0.128. The van der Waals surface area contributed by atoms with E-state index in [4.69, 9.17) is 9.47 Å². The summed E-state index contributed by atoms with van der Waals surface area (Å²) >= 11 is 0. The van der Waals surface area contributed by atoms with Gasteiger partial charge in [0, 0.05) is 50.2 Å². The molecule has 1 N–H and O–H groups in total. The van der Waals surface area contributed by atoms with E-state index in [2.05, 4.69) is 5.32 Å². The van der Waals surface area contributed by atoms with Crippen molar-refractivity contribution in [2.24, 2.45) is 0 Å². The Labute approximate surface area is 211 Å². The number of piperidine rings is 1. The Balaban J connectivity index is 1.34. The summed E-state index contributed by atoms with van der Waals surface area (Å²) < 4.78 is 11.9. The fraction of sp³-hybridized carbons (Fsp3) is 0.464. The summed E-state index contributed by atoms with van der Waals surface area (Å²) in [7, 11) is 0. The van der Waals surface area contributed by atoms with Gasteiger partial charge in [0.05, 0.1) is 12.7 Å². The van der Waals surface area contributed by atoms with E-state index in [0.717, 1.165) is 18.4 Å². The first kappa shape index (κ1) is 24.5. The third kappa shape index (κ3) is 4.75. The van der Waals surface area contributed by atoms with Gasteiger partial charge in [-0.05, 0) is 43.5 Å². The van der Waals surface area contributed by atoms with Crippen molar-refractivity contribution in [1.82, 2.24) is 15.1 Å². The molecule has 3 heterocycles. The molecular weight excluding hydrogens is 458 g/mol. The van der Waals surface area contributed by atoms with Crippen LogP contribution in [0.4, 0.5) is 0 Å². The van der Waals surface area contributed by atoms with Gasteiger partial charge in [-0.3, -0.25) is 19.3 Å². The van der Waals surface area contributed by atoms with Gasteiger partial charge in [0.15, 0.2) is 0 Å². The molecule has 5 rings (SSSR count). The van der Waals surface area contributed by atoms with Crippen molar-refractivity contribution in [1.29, 1.82) is 0 Å². The molecule has 3 fully saturated rings. The number of benzene rings is 2. The van der Waals surface area contributed by atoms with Gasteiger partial charge in [0.1, 0.15) is 11.8 Å². The second-order valence-corrected chi connectivity index (χ2v) is 9.80. The molecule has 0 unspecified atom stereocenters. The summed E-state index contributed by atoms with van der Waals surface area (Å²) in [5.74, 6) is -0.484. The Morgan fingerprint density at radius 1 is 1.00 bits per heavy atom. The van der Waals surface area contributed by atoms with Crippen molar-refractivity contribution < 1.29 is 23.9 Å². The number of likely N-dealkylation sites (tertiary alicyclic amines) is 1. The maximum atomic E-state index is 13.7. The SMILES string of the molecule is Cc1ccccc1C(=O)N1CCC2(CC1)OC[C@@H](C(=O)NC[C@H]1CCCO1)N2C(=O)c1ccccc1. The van der Waals surface area contributed by atoms with E-state index < -0.39 is 11.8 Å². The highest BCUT2D eigenvalue weighted by atomic mass is 16.5. The lowest BCUT2D eigenvalue weighted by Crippen LogP contribution is -2.60. The van der Waals surface area contributed by atoms with Gasteiger partial charge in [0.2, 0.25) is 5.91 Å². The predicted molar refractivity (Wildman–Crippen MR) is 133 cm³/mol. The summed E-state index contributed by atoms with van der Waals surface area (Å²) in [6, 6.07) is 15.8. The summed E-state index contributed by atoms with van der Waals surface area (Å²) in [6.45, 7) is 4.08. The first-order valence-corrected chi connectivity index (χ1v) is 12.8.